The summed E-state index contributed by atoms with van der Waals surface area (Å²) in [7, 11) is 0. The summed E-state index contributed by atoms with van der Waals surface area (Å²) in [5, 5.41) is 11.1. The van der Waals surface area contributed by atoms with Gasteiger partial charge in [0.1, 0.15) is 11.3 Å². The van der Waals surface area contributed by atoms with E-state index in [0.717, 1.165) is 24.2 Å². The van der Waals surface area contributed by atoms with E-state index < -0.39 is 5.63 Å². The largest absolute Gasteiger partial charge is 0.507 e. The summed E-state index contributed by atoms with van der Waals surface area (Å²) in [4.78, 5) is 12.3. The summed E-state index contributed by atoms with van der Waals surface area (Å²) in [6.45, 7) is 11.6. The van der Waals surface area contributed by atoms with Gasteiger partial charge >= 0.3 is 5.63 Å². The number of para-hydroxylation sites is 1. The standard InChI is InChI=1S/C30H46O3/c1-6-22(2)12-9-13-23(3)14-10-15-24(4)16-11-17-25(5)20-21-27-29(31)26-18-7-8-19-28(26)33-30(27)32/h7-8,18-20,22-24,31H,6,9-17,21H2,1-5H3/b25-20+. The molecule has 0 radical (unpaired) electrons. The van der Waals surface area contributed by atoms with Crippen molar-refractivity contribution >= 4 is 11.0 Å². The quantitative estimate of drug-likeness (QED) is 0.216. The van der Waals surface area contributed by atoms with Gasteiger partial charge in [-0.25, -0.2) is 4.79 Å². The highest BCUT2D eigenvalue weighted by Gasteiger charge is 2.12. The van der Waals surface area contributed by atoms with Crippen LogP contribution in [0.4, 0.5) is 0 Å². The number of benzene rings is 1. The van der Waals surface area contributed by atoms with Gasteiger partial charge in [-0.3, -0.25) is 0 Å². The Morgan fingerprint density at radius 2 is 1.52 bits per heavy atom. The van der Waals surface area contributed by atoms with Crippen LogP contribution >= 0.6 is 0 Å². The summed E-state index contributed by atoms with van der Waals surface area (Å²) in [5.74, 6) is 2.55. The number of fused-ring (bicyclic) bond motifs is 1. The van der Waals surface area contributed by atoms with Crippen LogP contribution in [0.15, 0.2) is 45.1 Å². The van der Waals surface area contributed by atoms with E-state index in [1.165, 1.54) is 63.4 Å². The van der Waals surface area contributed by atoms with Gasteiger partial charge in [0.05, 0.1) is 10.9 Å². The van der Waals surface area contributed by atoms with Gasteiger partial charge in [-0.2, -0.15) is 0 Å². The average molecular weight is 455 g/mol. The highest BCUT2D eigenvalue weighted by Crippen LogP contribution is 2.27. The van der Waals surface area contributed by atoms with Crippen molar-refractivity contribution < 1.29 is 9.52 Å². The van der Waals surface area contributed by atoms with Gasteiger partial charge < -0.3 is 9.52 Å². The molecule has 3 heteroatoms. The highest BCUT2D eigenvalue weighted by molar-refractivity contribution is 5.83. The molecule has 0 saturated carbocycles. The van der Waals surface area contributed by atoms with Crippen LogP contribution in [0.5, 0.6) is 5.75 Å². The molecule has 3 nitrogen and oxygen atoms in total. The lowest BCUT2D eigenvalue weighted by molar-refractivity contribution is 0.383. The predicted octanol–water partition coefficient (Wildman–Crippen LogP) is 8.82. The number of allylic oxidation sites excluding steroid dienone is 2. The molecule has 0 saturated heterocycles. The topological polar surface area (TPSA) is 50.4 Å². The fraction of sp³-hybridized carbons (Fsp3) is 0.633. The molecule has 3 unspecified atom stereocenters. The highest BCUT2D eigenvalue weighted by atomic mass is 16.4. The van der Waals surface area contributed by atoms with E-state index in [-0.39, 0.29) is 5.75 Å². The molecular formula is C30H46O3. The number of hydrogen-bond acceptors (Lipinski definition) is 3. The molecular weight excluding hydrogens is 408 g/mol. The first-order valence-corrected chi connectivity index (χ1v) is 13.2. The fourth-order valence-electron chi connectivity index (χ4n) is 4.58. The van der Waals surface area contributed by atoms with Crippen molar-refractivity contribution in [2.24, 2.45) is 17.8 Å². The van der Waals surface area contributed by atoms with Crippen LogP contribution in [0.3, 0.4) is 0 Å². The minimum Gasteiger partial charge on any atom is -0.507 e. The number of aromatic hydroxyl groups is 1. The molecule has 3 atom stereocenters. The normalized spacial score (nSPS) is 15.0. The van der Waals surface area contributed by atoms with Crippen molar-refractivity contribution in [1.29, 1.82) is 0 Å². The Morgan fingerprint density at radius 1 is 0.939 bits per heavy atom. The first kappa shape index (κ1) is 27.2. The Bertz CT molecular complexity index is 924. The van der Waals surface area contributed by atoms with Crippen molar-refractivity contribution in [3.8, 4) is 5.75 Å². The van der Waals surface area contributed by atoms with E-state index in [1.807, 2.05) is 6.07 Å². The molecule has 1 aromatic heterocycles. The summed E-state index contributed by atoms with van der Waals surface area (Å²) in [5.41, 5.74) is 1.60. The number of hydrogen-bond donors (Lipinski definition) is 1. The number of rotatable bonds is 15. The molecule has 0 spiro atoms. The summed E-state index contributed by atoms with van der Waals surface area (Å²) in [6, 6.07) is 7.12. The van der Waals surface area contributed by atoms with Gasteiger partial charge in [0.25, 0.3) is 0 Å². The molecule has 1 heterocycles. The zero-order valence-electron chi connectivity index (χ0n) is 21.7. The molecule has 0 amide bonds. The zero-order chi connectivity index (χ0) is 24.2. The van der Waals surface area contributed by atoms with E-state index in [9.17, 15) is 9.90 Å². The maximum Gasteiger partial charge on any atom is 0.343 e. The maximum absolute atomic E-state index is 12.3. The first-order valence-electron chi connectivity index (χ1n) is 13.2. The molecule has 0 fully saturated rings. The molecule has 33 heavy (non-hydrogen) atoms. The van der Waals surface area contributed by atoms with Gasteiger partial charge in [-0.05, 0) is 49.7 Å². The molecule has 1 N–H and O–H groups in total. The molecule has 0 bridgehead atoms. The second kappa shape index (κ2) is 14.3. The minimum absolute atomic E-state index is 0.0497. The Kier molecular flexibility index (Phi) is 11.8. The third-order valence-electron chi connectivity index (χ3n) is 7.28. The van der Waals surface area contributed by atoms with Crippen LogP contribution in [-0.2, 0) is 6.42 Å². The van der Waals surface area contributed by atoms with E-state index in [2.05, 4.69) is 40.7 Å². The van der Waals surface area contributed by atoms with E-state index >= 15 is 0 Å². The molecule has 184 valence electrons. The van der Waals surface area contributed by atoms with Gasteiger partial charge in [-0.15, -0.1) is 0 Å². The summed E-state index contributed by atoms with van der Waals surface area (Å²) < 4.78 is 5.37. The van der Waals surface area contributed by atoms with Crippen molar-refractivity contribution in [3.63, 3.8) is 0 Å². The van der Waals surface area contributed by atoms with Crippen LogP contribution < -0.4 is 5.63 Å². The second-order valence-electron chi connectivity index (χ2n) is 10.4. The van der Waals surface area contributed by atoms with E-state index in [0.29, 0.717) is 23.0 Å². The van der Waals surface area contributed by atoms with Crippen LogP contribution in [0, 0.1) is 17.8 Å². The zero-order valence-corrected chi connectivity index (χ0v) is 21.7. The SMILES string of the molecule is CCC(C)CCCC(C)CCCC(C)CCC/C(C)=C/Cc1c(O)c2ccccc2oc1=O. The van der Waals surface area contributed by atoms with E-state index in [4.69, 9.17) is 4.42 Å². The van der Waals surface area contributed by atoms with Crippen LogP contribution in [-0.4, -0.2) is 5.11 Å². The molecule has 0 aliphatic carbocycles. The Hall–Kier alpha value is -2.03. The van der Waals surface area contributed by atoms with Crippen LogP contribution in [0.1, 0.15) is 104 Å². The van der Waals surface area contributed by atoms with Gasteiger partial charge in [0, 0.05) is 6.42 Å². The summed E-state index contributed by atoms with van der Waals surface area (Å²) in [6.07, 6.45) is 15.4. The molecule has 0 aliphatic heterocycles. The first-order chi connectivity index (χ1) is 15.8. The maximum atomic E-state index is 12.3. The second-order valence-corrected chi connectivity index (χ2v) is 10.4. The molecule has 1 aromatic carbocycles. The smallest absolute Gasteiger partial charge is 0.343 e. The van der Waals surface area contributed by atoms with Crippen molar-refractivity contribution in [2.75, 3.05) is 0 Å². The van der Waals surface area contributed by atoms with Crippen molar-refractivity contribution in [2.45, 2.75) is 105 Å². The third-order valence-corrected chi connectivity index (χ3v) is 7.28. The van der Waals surface area contributed by atoms with E-state index in [1.54, 1.807) is 18.2 Å². The minimum atomic E-state index is -0.446. The Labute approximate surface area is 201 Å². The average Bonchev–Trinajstić information content (AvgIpc) is 2.78. The van der Waals surface area contributed by atoms with Gasteiger partial charge in [0.2, 0.25) is 0 Å². The van der Waals surface area contributed by atoms with Crippen molar-refractivity contribution in [1.82, 2.24) is 0 Å². The van der Waals surface area contributed by atoms with Gasteiger partial charge in [-0.1, -0.05) is 103 Å². The lowest BCUT2D eigenvalue weighted by atomic mass is 9.91. The monoisotopic (exact) mass is 454 g/mol. The predicted molar refractivity (Wildman–Crippen MR) is 141 cm³/mol. The van der Waals surface area contributed by atoms with Crippen molar-refractivity contribution in [3.05, 3.63) is 51.9 Å². The molecule has 2 aromatic rings. The lowest BCUT2D eigenvalue weighted by Crippen LogP contribution is -2.07. The third kappa shape index (κ3) is 9.39. The van der Waals surface area contributed by atoms with Gasteiger partial charge in [0.15, 0.2) is 0 Å². The lowest BCUT2D eigenvalue weighted by Gasteiger charge is -2.15. The molecule has 0 aliphatic rings. The van der Waals surface area contributed by atoms with Crippen LogP contribution in [0.25, 0.3) is 11.0 Å². The van der Waals surface area contributed by atoms with Crippen LogP contribution in [0.2, 0.25) is 0 Å². The summed E-state index contributed by atoms with van der Waals surface area (Å²) >= 11 is 0. The molecule has 2 rings (SSSR count). The Balaban J connectivity index is 1.68. The fourth-order valence-corrected chi connectivity index (χ4v) is 4.58. The Morgan fingerprint density at radius 3 is 2.15 bits per heavy atom.